The second kappa shape index (κ2) is 8.90. The first-order chi connectivity index (χ1) is 16.1. The van der Waals surface area contributed by atoms with Gasteiger partial charge in [0.25, 0.3) is 5.56 Å². The number of aromatic amines is 1. The highest BCUT2D eigenvalue weighted by Crippen LogP contribution is 2.24. The van der Waals surface area contributed by atoms with Gasteiger partial charge in [-0.2, -0.15) is 0 Å². The molecule has 0 saturated heterocycles. The van der Waals surface area contributed by atoms with E-state index in [9.17, 15) is 14.4 Å². The Morgan fingerprint density at radius 3 is 2.32 bits per heavy atom. The van der Waals surface area contributed by atoms with Crippen LogP contribution in [-0.4, -0.2) is 21.2 Å². The van der Waals surface area contributed by atoms with E-state index in [0.717, 1.165) is 10.1 Å². The molecule has 4 rings (SSSR count). The number of hydrogen-bond acceptors (Lipinski definition) is 5. The number of nitrogens with two attached hydrogens (primary N) is 1. The van der Waals surface area contributed by atoms with Gasteiger partial charge >= 0.3 is 11.8 Å². The lowest BCUT2D eigenvalue weighted by Crippen LogP contribution is -2.37. The van der Waals surface area contributed by atoms with E-state index in [1.54, 1.807) is 63.2 Å². The SMILES string of the molecule is CC(C)(C)OC(=O)N(Cc1ccccc1)c1ccc2c(=O)n(-c3ccc(N)cc3)c(=O)[nH]c2c1. The third-order valence-electron chi connectivity index (χ3n) is 5.14. The highest BCUT2D eigenvalue weighted by Gasteiger charge is 2.24. The van der Waals surface area contributed by atoms with E-state index in [-0.39, 0.29) is 6.54 Å². The number of nitrogens with zero attached hydrogens (tertiary/aromatic N) is 2. The van der Waals surface area contributed by atoms with E-state index in [2.05, 4.69) is 4.98 Å². The van der Waals surface area contributed by atoms with E-state index in [1.807, 2.05) is 30.3 Å². The topological polar surface area (TPSA) is 110 Å². The number of rotatable bonds is 4. The molecule has 3 N–H and O–H groups in total. The van der Waals surface area contributed by atoms with Crippen LogP contribution in [-0.2, 0) is 11.3 Å². The fourth-order valence-corrected chi connectivity index (χ4v) is 3.58. The fraction of sp³-hybridized carbons (Fsp3) is 0.192. The number of hydrogen-bond donors (Lipinski definition) is 2. The Bertz CT molecular complexity index is 1450. The molecule has 0 radical (unpaired) electrons. The Morgan fingerprint density at radius 2 is 1.68 bits per heavy atom. The second-order valence-electron chi connectivity index (χ2n) is 8.94. The molecule has 8 heteroatoms. The number of H-pyrrole nitrogens is 1. The van der Waals surface area contributed by atoms with Gasteiger partial charge in [0.2, 0.25) is 0 Å². The first kappa shape index (κ1) is 22.8. The number of carbonyl (C=O) groups excluding carboxylic acids is 1. The van der Waals surface area contributed by atoms with Crippen molar-refractivity contribution in [2.75, 3.05) is 10.6 Å². The summed E-state index contributed by atoms with van der Waals surface area (Å²) >= 11 is 0. The highest BCUT2D eigenvalue weighted by atomic mass is 16.6. The molecule has 4 aromatic rings. The number of anilines is 2. The summed E-state index contributed by atoms with van der Waals surface area (Å²) < 4.78 is 6.66. The summed E-state index contributed by atoms with van der Waals surface area (Å²) in [6.07, 6.45) is -0.534. The number of benzene rings is 3. The van der Waals surface area contributed by atoms with Gasteiger partial charge in [-0.1, -0.05) is 30.3 Å². The number of ether oxygens (including phenoxy) is 1. The predicted octanol–water partition coefficient (Wildman–Crippen LogP) is 4.20. The number of nitrogens with one attached hydrogen (secondary N) is 1. The largest absolute Gasteiger partial charge is 0.443 e. The summed E-state index contributed by atoms with van der Waals surface area (Å²) in [5.41, 5.74) is 6.62. The van der Waals surface area contributed by atoms with Crippen LogP contribution in [0.3, 0.4) is 0 Å². The molecule has 0 bridgehead atoms. The average molecular weight is 459 g/mol. The summed E-state index contributed by atoms with van der Waals surface area (Å²) in [7, 11) is 0. The van der Waals surface area contributed by atoms with Gasteiger partial charge in [-0.05, 0) is 68.8 Å². The van der Waals surface area contributed by atoms with E-state index >= 15 is 0 Å². The first-order valence-corrected chi connectivity index (χ1v) is 10.8. The number of carbonyl (C=O) groups is 1. The van der Waals surface area contributed by atoms with Crippen molar-refractivity contribution >= 4 is 28.4 Å². The Hall–Kier alpha value is -4.33. The Kier molecular flexibility index (Phi) is 5.98. The van der Waals surface area contributed by atoms with Crippen molar-refractivity contribution in [1.29, 1.82) is 0 Å². The van der Waals surface area contributed by atoms with Crippen LogP contribution in [0.1, 0.15) is 26.3 Å². The standard InChI is InChI=1S/C26H26N4O4/c1-26(2,3)34-25(33)29(16-17-7-5-4-6-8-17)20-13-14-21-22(15-20)28-24(32)30(23(21)31)19-11-9-18(27)10-12-19/h4-15H,16,27H2,1-3H3,(H,28,32). The second-order valence-corrected chi connectivity index (χ2v) is 8.94. The molecular formula is C26H26N4O4. The molecule has 34 heavy (non-hydrogen) atoms. The molecule has 0 aliphatic heterocycles. The minimum Gasteiger partial charge on any atom is -0.443 e. The lowest BCUT2D eigenvalue weighted by molar-refractivity contribution is 0.0577. The molecule has 0 atom stereocenters. The van der Waals surface area contributed by atoms with Gasteiger partial charge < -0.3 is 15.5 Å². The van der Waals surface area contributed by atoms with Crippen molar-refractivity contribution in [3.63, 3.8) is 0 Å². The van der Waals surface area contributed by atoms with Crippen molar-refractivity contribution in [3.8, 4) is 5.69 Å². The average Bonchev–Trinajstić information content (AvgIpc) is 2.78. The zero-order valence-electron chi connectivity index (χ0n) is 19.2. The van der Waals surface area contributed by atoms with Crippen LogP contribution >= 0.6 is 0 Å². The maximum absolute atomic E-state index is 13.1. The minimum absolute atomic E-state index is 0.258. The van der Waals surface area contributed by atoms with E-state index in [1.165, 1.54) is 4.90 Å². The van der Waals surface area contributed by atoms with E-state index < -0.39 is 22.9 Å². The van der Waals surface area contributed by atoms with Crippen molar-refractivity contribution < 1.29 is 9.53 Å². The summed E-state index contributed by atoms with van der Waals surface area (Å²) in [5, 5.41) is 0.309. The third kappa shape index (κ3) is 4.85. The molecule has 174 valence electrons. The lowest BCUT2D eigenvalue weighted by atomic mass is 10.1. The van der Waals surface area contributed by atoms with Crippen LogP contribution in [0.15, 0.2) is 82.4 Å². The van der Waals surface area contributed by atoms with Gasteiger partial charge in [0.1, 0.15) is 5.60 Å². The van der Waals surface area contributed by atoms with Gasteiger partial charge in [0, 0.05) is 11.4 Å². The Balaban J connectivity index is 1.80. The number of aromatic nitrogens is 2. The summed E-state index contributed by atoms with van der Waals surface area (Å²) in [4.78, 5) is 43.2. The van der Waals surface area contributed by atoms with E-state index in [4.69, 9.17) is 10.5 Å². The maximum Gasteiger partial charge on any atom is 0.415 e. The third-order valence-corrected chi connectivity index (χ3v) is 5.14. The monoisotopic (exact) mass is 458 g/mol. The fourth-order valence-electron chi connectivity index (χ4n) is 3.58. The van der Waals surface area contributed by atoms with Gasteiger partial charge in [-0.15, -0.1) is 0 Å². The Labute approximate surface area is 196 Å². The molecule has 0 fully saturated rings. The molecule has 1 amide bonds. The molecule has 1 aromatic heterocycles. The summed E-state index contributed by atoms with van der Waals surface area (Å²) in [6, 6.07) is 20.8. The quantitative estimate of drug-likeness (QED) is 0.445. The molecule has 8 nitrogen and oxygen atoms in total. The van der Waals surface area contributed by atoms with Gasteiger partial charge in [0.15, 0.2) is 0 Å². The molecule has 1 heterocycles. The maximum atomic E-state index is 13.1. The normalized spacial score (nSPS) is 11.4. The van der Waals surface area contributed by atoms with Crippen LogP contribution in [0.4, 0.5) is 16.2 Å². The van der Waals surface area contributed by atoms with Gasteiger partial charge in [-0.25, -0.2) is 14.2 Å². The predicted molar refractivity (Wildman–Crippen MR) is 133 cm³/mol. The van der Waals surface area contributed by atoms with Crippen LogP contribution in [0, 0.1) is 0 Å². The summed E-state index contributed by atoms with van der Waals surface area (Å²) in [5.74, 6) is 0. The smallest absolute Gasteiger partial charge is 0.415 e. The molecule has 0 aliphatic rings. The highest BCUT2D eigenvalue weighted by molar-refractivity contribution is 5.91. The number of fused-ring (bicyclic) bond motifs is 1. The first-order valence-electron chi connectivity index (χ1n) is 10.8. The lowest BCUT2D eigenvalue weighted by Gasteiger charge is -2.27. The van der Waals surface area contributed by atoms with E-state index in [0.29, 0.717) is 28.0 Å². The van der Waals surface area contributed by atoms with Crippen LogP contribution < -0.4 is 21.9 Å². The molecule has 0 unspecified atom stereocenters. The van der Waals surface area contributed by atoms with Gasteiger partial charge in [-0.3, -0.25) is 9.69 Å². The summed E-state index contributed by atoms with van der Waals surface area (Å²) in [6.45, 7) is 5.64. The van der Waals surface area contributed by atoms with Crippen molar-refractivity contribution in [2.45, 2.75) is 32.9 Å². The molecular weight excluding hydrogens is 432 g/mol. The van der Waals surface area contributed by atoms with Crippen molar-refractivity contribution in [1.82, 2.24) is 9.55 Å². The zero-order chi connectivity index (χ0) is 24.5. The van der Waals surface area contributed by atoms with Crippen LogP contribution in [0.2, 0.25) is 0 Å². The van der Waals surface area contributed by atoms with Crippen LogP contribution in [0.5, 0.6) is 0 Å². The molecule has 0 spiro atoms. The van der Waals surface area contributed by atoms with Crippen molar-refractivity contribution in [2.24, 2.45) is 0 Å². The number of nitrogen functional groups attached to an aromatic ring is 1. The van der Waals surface area contributed by atoms with Crippen LogP contribution in [0.25, 0.3) is 16.6 Å². The molecule has 3 aromatic carbocycles. The zero-order valence-corrected chi connectivity index (χ0v) is 19.2. The van der Waals surface area contributed by atoms with Gasteiger partial charge in [0.05, 0.1) is 23.1 Å². The number of amides is 1. The molecule has 0 aliphatic carbocycles. The van der Waals surface area contributed by atoms with Crippen molar-refractivity contribution in [3.05, 3.63) is 99.2 Å². The Morgan fingerprint density at radius 1 is 1.00 bits per heavy atom. The minimum atomic E-state index is -0.690. The molecule has 0 saturated carbocycles.